The lowest BCUT2D eigenvalue weighted by Gasteiger charge is -2.46. The molecule has 0 saturated heterocycles. The molecule has 0 spiro atoms. The first-order valence-corrected chi connectivity index (χ1v) is 3.86. The molecule has 0 aliphatic heterocycles. The summed E-state index contributed by atoms with van der Waals surface area (Å²) in [5, 5.41) is 9.02. The van der Waals surface area contributed by atoms with Gasteiger partial charge < -0.3 is 5.11 Å². The quantitative estimate of drug-likeness (QED) is 0.581. The van der Waals surface area contributed by atoms with Crippen LogP contribution in [0.25, 0.3) is 0 Å². The van der Waals surface area contributed by atoms with E-state index in [9.17, 15) is 0 Å². The second-order valence-corrected chi connectivity index (χ2v) is 3.75. The molecule has 1 saturated carbocycles. The second kappa shape index (κ2) is 2.39. The zero-order valence-electron chi connectivity index (χ0n) is 6.85. The van der Waals surface area contributed by atoms with Crippen LogP contribution in [0.4, 0.5) is 0 Å². The molecule has 1 N–H and O–H groups in total. The van der Waals surface area contributed by atoms with Gasteiger partial charge in [0.1, 0.15) is 0 Å². The summed E-state index contributed by atoms with van der Waals surface area (Å²) in [4.78, 5) is 0. The Balaban J connectivity index is 2.57. The Labute approximate surface area is 62.8 Å². The summed E-state index contributed by atoms with van der Waals surface area (Å²) in [6.07, 6.45) is 2.37. The van der Waals surface area contributed by atoms with E-state index in [1.165, 1.54) is 12.0 Å². The lowest BCUT2D eigenvalue weighted by Crippen LogP contribution is -2.40. The van der Waals surface area contributed by atoms with E-state index >= 15 is 0 Å². The third kappa shape index (κ3) is 0.988. The van der Waals surface area contributed by atoms with Crippen molar-refractivity contribution in [1.82, 2.24) is 0 Å². The van der Waals surface area contributed by atoms with Crippen LogP contribution in [0.2, 0.25) is 0 Å². The van der Waals surface area contributed by atoms with E-state index in [-0.39, 0.29) is 5.41 Å². The van der Waals surface area contributed by atoms with Crippen molar-refractivity contribution in [3.8, 4) is 0 Å². The Kier molecular flexibility index (Phi) is 1.86. The van der Waals surface area contributed by atoms with Crippen molar-refractivity contribution in [2.45, 2.75) is 26.7 Å². The fourth-order valence-corrected chi connectivity index (χ4v) is 1.81. The predicted octanol–water partition coefficient (Wildman–Crippen LogP) is 1.97. The van der Waals surface area contributed by atoms with E-state index < -0.39 is 0 Å². The van der Waals surface area contributed by atoms with Gasteiger partial charge in [-0.1, -0.05) is 19.1 Å². The lowest BCUT2D eigenvalue weighted by molar-refractivity contribution is 0.0111. The van der Waals surface area contributed by atoms with Gasteiger partial charge in [0.25, 0.3) is 0 Å². The molecule has 1 fully saturated rings. The van der Waals surface area contributed by atoms with Gasteiger partial charge >= 0.3 is 0 Å². The molecule has 10 heavy (non-hydrogen) atoms. The summed E-state index contributed by atoms with van der Waals surface area (Å²) in [5.41, 5.74) is 1.38. The van der Waals surface area contributed by atoms with Gasteiger partial charge in [-0.15, -0.1) is 0 Å². The van der Waals surface area contributed by atoms with Crippen molar-refractivity contribution in [3.63, 3.8) is 0 Å². The fourth-order valence-electron chi connectivity index (χ4n) is 1.81. The third-order valence-electron chi connectivity index (χ3n) is 2.80. The Morgan fingerprint density at radius 3 is 2.50 bits per heavy atom. The predicted molar refractivity (Wildman–Crippen MR) is 42.7 cm³/mol. The maximum absolute atomic E-state index is 9.02. The Morgan fingerprint density at radius 1 is 1.80 bits per heavy atom. The van der Waals surface area contributed by atoms with Crippen molar-refractivity contribution >= 4 is 0 Å². The molecule has 0 heterocycles. The second-order valence-electron chi connectivity index (χ2n) is 3.75. The monoisotopic (exact) mass is 140 g/mol. The highest BCUT2D eigenvalue weighted by Crippen LogP contribution is 2.49. The molecule has 2 atom stereocenters. The molecule has 0 radical (unpaired) electrons. The number of hydrogen-bond acceptors (Lipinski definition) is 1. The highest BCUT2D eigenvalue weighted by Gasteiger charge is 2.42. The number of allylic oxidation sites excluding steroid dienone is 1. The Hall–Kier alpha value is -0.300. The van der Waals surface area contributed by atoms with Crippen LogP contribution in [-0.4, -0.2) is 11.7 Å². The van der Waals surface area contributed by atoms with Crippen molar-refractivity contribution in [2.24, 2.45) is 11.3 Å². The molecule has 1 aliphatic rings. The molecule has 1 nitrogen and oxygen atoms in total. The summed E-state index contributed by atoms with van der Waals surface area (Å²) in [6.45, 7) is 8.41. The zero-order chi connectivity index (χ0) is 7.78. The van der Waals surface area contributed by atoms with Gasteiger partial charge in [0, 0.05) is 6.61 Å². The van der Waals surface area contributed by atoms with Crippen LogP contribution < -0.4 is 0 Å². The van der Waals surface area contributed by atoms with Crippen LogP contribution in [0.1, 0.15) is 26.7 Å². The summed E-state index contributed by atoms with van der Waals surface area (Å²) >= 11 is 0. The van der Waals surface area contributed by atoms with E-state index in [2.05, 4.69) is 20.4 Å². The van der Waals surface area contributed by atoms with Gasteiger partial charge in [0.2, 0.25) is 0 Å². The molecule has 0 unspecified atom stereocenters. The maximum atomic E-state index is 9.02. The summed E-state index contributed by atoms with van der Waals surface area (Å²) in [6, 6.07) is 0. The standard InChI is InChI=1S/C9H16O/c1-7(2)8-4-5-9(8,3)6-10/h8,10H,1,4-6H2,2-3H3/t8-,9+/m1/s1. The van der Waals surface area contributed by atoms with Crippen LogP contribution in [0.3, 0.4) is 0 Å². The normalized spacial score (nSPS) is 38.9. The summed E-state index contributed by atoms with van der Waals surface area (Å²) < 4.78 is 0. The molecule has 0 aromatic rings. The number of hydrogen-bond donors (Lipinski definition) is 1. The fraction of sp³-hybridized carbons (Fsp3) is 0.778. The van der Waals surface area contributed by atoms with E-state index in [0.717, 1.165) is 6.42 Å². The average molecular weight is 140 g/mol. The van der Waals surface area contributed by atoms with Gasteiger partial charge in [-0.3, -0.25) is 0 Å². The topological polar surface area (TPSA) is 20.2 Å². The molecule has 1 rings (SSSR count). The van der Waals surface area contributed by atoms with Gasteiger partial charge in [-0.25, -0.2) is 0 Å². The average Bonchev–Trinajstić information content (AvgIpc) is 1.83. The Morgan fingerprint density at radius 2 is 2.40 bits per heavy atom. The first-order chi connectivity index (χ1) is 4.60. The van der Waals surface area contributed by atoms with Crippen molar-refractivity contribution in [1.29, 1.82) is 0 Å². The maximum Gasteiger partial charge on any atom is 0.0490 e. The zero-order valence-corrected chi connectivity index (χ0v) is 6.85. The molecule has 1 heteroatoms. The molecule has 1 aliphatic carbocycles. The Bertz CT molecular complexity index is 147. The highest BCUT2D eigenvalue weighted by atomic mass is 16.3. The highest BCUT2D eigenvalue weighted by molar-refractivity contribution is 5.09. The molecular formula is C9H16O. The van der Waals surface area contributed by atoms with Crippen LogP contribution >= 0.6 is 0 Å². The SMILES string of the molecule is C=C(C)[C@H]1CC[C@@]1(C)CO. The van der Waals surface area contributed by atoms with E-state index in [0.29, 0.717) is 12.5 Å². The minimum atomic E-state index is 0.159. The third-order valence-corrected chi connectivity index (χ3v) is 2.80. The molecule has 0 aromatic carbocycles. The number of aliphatic hydroxyl groups excluding tert-OH is 1. The van der Waals surface area contributed by atoms with Crippen molar-refractivity contribution in [2.75, 3.05) is 6.61 Å². The number of rotatable bonds is 2. The summed E-state index contributed by atoms with van der Waals surface area (Å²) in [5.74, 6) is 0.567. The largest absolute Gasteiger partial charge is 0.396 e. The molecular weight excluding hydrogens is 124 g/mol. The molecule has 58 valence electrons. The van der Waals surface area contributed by atoms with Crippen molar-refractivity contribution in [3.05, 3.63) is 12.2 Å². The van der Waals surface area contributed by atoms with Crippen LogP contribution in [0, 0.1) is 11.3 Å². The molecule has 0 amide bonds. The van der Waals surface area contributed by atoms with Gasteiger partial charge in [-0.05, 0) is 31.1 Å². The van der Waals surface area contributed by atoms with Gasteiger partial charge in [0.15, 0.2) is 0 Å². The number of aliphatic hydroxyl groups is 1. The lowest BCUT2D eigenvalue weighted by atomic mass is 9.59. The van der Waals surface area contributed by atoms with Crippen LogP contribution in [0.15, 0.2) is 12.2 Å². The summed E-state index contributed by atoms with van der Waals surface area (Å²) in [7, 11) is 0. The van der Waals surface area contributed by atoms with Crippen LogP contribution in [-0.2, 0) is 0 Å². The van der Waals surface area contributed by atoms with E-state index in [1.807, 2.05) is 0 Å². The van der Waals surface area contributed by atoms with E-state index in [1.54, 1.807) is 0 Å². The first kappa shape index (κ1) is 7.80. The first-order valence-electron chi connectivity index (χ1n) is 3.86. The van der Waals surface area contributed by atoms with E-state index in [4.69, 9.17) is 5.11 Å². The van der Waals surface area contributed by atoms with Crippen LogP contribution in [0.5, 0.6) is 0 Å². The molecule has 0 aromatic heterocycles. The minimum Gasteiger partial charge on any atom is -0.396 e. The molecule has 0 bridgehead atoms. The smallest absolute Gasteiger partial charge is 0.0490 e. The minimum absolute atomic E-state index is 0.159. The van der Waals surface area contributed by atoms with Gasteiger partial charge in [0.05, 0.1) is 0 Å². The van der Waals surface area contributed by atoms with Gasteiger partial charge in [-0.2, -0.15) is 0 Å². The van der Waals surface area contributed by atoms with Crippen molar-refractivity contribution < 1.29 is 5.11 Å².